The summed E-state index contributed by atoms with van der Waals surface area (Å²) in [5, 5.41) is 2.43. The maximum Gasteiger partial charge on any atom is 0.129 e. The molecule has 1 N–H and O–H groups in total. The van der Waals surface area contributed by atoms with E-state index in [0.29, 0.717) is 0 Å². The van der Waals surface area contributed by atoms with Gasteiger partial charge in [0, 0.05) is 54.6 Å². The van der Waals surface area contributed by atoms with E-state index in [2.05, 4.69) is 75.4 Å². The Balaban J connectivity index is 1.02. The Kier molecular flexibility index (Phi) is 7.32. The monoisotopic (exact) mass is 457 g/mol. The summed E-state index contributed by atoms with van der Waals surface area (Å²) in [7, 11) is 1.75. The summed E-state index contributed by atoms with van der Waals surface area (Å²) in [6.45, 7) is 7.46. The average molecular weight is 458 g/mol. The van der Waals surface area contributed by atoms with E-state index in [9.17, 15) is 0 Å². The van der Waals surface area contributed by atoms with Gasteiger partial charge in [0.15, 0.2) is 0 Å². The summed E-state index contributed by atoms with van der Waals surface area (Å²) >= 11 is 0. The molecule has 178 valence electrons. The zero-order valence-corrected chi connectivity index (χ0v) is 20.1. The second-order valence-electron chi connectivity index (χ2n) is 9.19. The van der Waals surface area contributed by atoms with Crippen LogP contribution in [0.2, 0.25) is 0 Å². The Labute approximate surface area is 202 Å². The third kappa shape index (κ3) is 5.21. The second-order valence-corrected chi connectivity index (χ2v) is 9.19. The number of nitrogens with one attached hydrogen (secondary N) is 1. The summed E-state index contributed by atoms with van der Waals surface area (Å²) in [4.78, 5) is 8.63. The lowest BCUT2D eigenvalue weighted by molar-refractivity contribution is 0.124. The third-order valence-corrected chi connectivity index (χ3v) is 6.92. The van der Waals surface area contributed by atoms with Crippen LogP contribution in [0.25, 0.3) is 21.8 Å². The molecule has 0 amide bonds. The molecule has 1 fully saturated rings. The van der Waals surface area contributed by atoms with Crippen molar-refractivity contribution < 1.29 is 9.47 Å². The standard InChI is InChI=1S/C29H35N3O2/c1-33-27-14-6-3-10-23(27)22-32-19-17-31(18-20-32)16-7-2-8-21-34-28-15-9-13-26-29(28)24-11-4-5-12-25(24)30-26/h3-6,9-15,30H,2,7-8,16-22H2,1H3. The molecule has 5 rings (SSSR count). The fraction of sp³-hybridized carbons (Fsp3) is 0.379. The number of aromatic nitrogens is 1. The first kappa shape index (κ1) is 22.8. The number of para-hydroxylation sites is 2. The van der Waals surface area contributed by atoms with E-state index in [4.69, 9.17) is 9.47 Å². The maximum absolute atomic E-state index is 6.22. The molecule has 0 spiro atoms. The van der Waals surface area contributed by atoms with Gasteiger partial charge in [0.2, 0.25) is 0 Å². The van der Waals surface area contributed by atoms with Gasteiger partial charge in [-0.05, 0) is 50.1 Å². The number of methoxy groups -OCH3 is 1. The average Bonchev–Trinajstić information content (AvgIpc) is 3.27. The summed E-state index contributed by atoms with van der Waals surface area (Å²) in [5.74, 6) is 1.98. The van der Waals surface area contributed by atoms with E-state index in [1.807, 2.05) is 6.07 Å². The molecule has 5 heteroatoms. The van der Waals surface area contributed by atoms with Crippen LogP contribution in [0.5, 0.6) is 11.5 Å². The lowest BCUT2D eigenvalue weighted by Gasteiger charge is -2.35. The highest BCUT2D eigenvalue weighted by Gasteiger charge is 2.17. The number of ether oxygens (including phenoxy) is 2. The molecular formula is C29H35N3O2. The Morgan fingerprint density at radius 1 is 0.735 bits per heavy atom. The molecule has 0 saturated carbocycles. The molecule has 3 aromatic carbocycles. The van der Waals surface area contributed by atoms with Crippen LogP contribution in [0.4, 0.5) is 0 Å². The van der Waals surface area contributed by atoms with Gasteiger partial charge < -0.3 is 19.4 Å². The minimum absolute atomic E-state index is 0.769. The van der Waals surface area contributed by atoms with Crippen molar-refractivity contribution in [1.29, 1.82) is 0 Å². The normalized spacial score (nSPS) is 15.2. The minimum Gasteiger partial charge on any atom is -0.496 e. The van der Waals surface area contributed by atoms with Crippen molar-refractivity contribution in [2.75, 3.05) is 46.4 Å². The molecular weight excluding hydrogens is 422 g/mol. The Morgan fingerprint density at radius 2 is 1.47 bits per heavy atom. The molecule has 1 aliphatic rings. The number of aromatic amines is 1. The number of hydrogen-bond acceptors (Lipinski definition) is 4. The topological polar surface area (TPSA) is 40.7 Å². The summed E-state index contributed by atoms with van der Waals surface area (Å²) in [6, 6.07) is 23.1. The molecule has 34 heavy (non-hydrogen) atoms. The van der Waals surface area contributed by atoms with E-state index < -0.39 is 0 Å². The van der Waals surface area contributed by atoms with E-state index >= 15 is 0 Å². The number of unbranched alkanes of at least 4 members (excludes halogenated alkanes) is 2. The van der Waals surface area contributed by atoms with Crippen LogP contribution < -0.4 is 9.47 Å². The molecule has 0 atom stereocenters. The van der Waals surface area contributed by atoms with E-state index in [1.165, 1.54) is 35.7 Å². The highest BCUT2D eigenvalue weighted by atomic mass is 16.5. The summed E-state index contributed by atoms with van der Waals surface area (Å²) in [6.07, 6.45) is 3.52. The highest BCUT2D eigenvalue weighted by Crippen LogP contribution is 2.33. The van der Waals surface area contributed by atoms with Crippen molar-refractivity contribution in [3.63, 3.8) is 0 Å². The molecule has 4 aromatic rings. The molecule has 1 saturated heterocycles. The van der Waals surface area contributed by atoms with Crippen LogP contribution in [0.1, 0.15) is 24.8 Å². The van der Waals surface area contributed by atoms with Crippen LogP contribution in [-0.2, 0) is 6.54 Å². The van der Waals surface area contributed by atoms with Gasteiger partial charge in [-0.3, -0.25) is 4.90 Å². The molecule has 1 aromatic heterocycles. The number of H-pyrrole nitrogens is 1. The predicted molar refractivity (Wildman–Crippen MR) is 140 cm³/mol. The van der Waals surface area contributed by atoms with Gasteiger partial charge in [-0.25, -0.2) is 0 Å². The third-order valence-electron chi connectivity index (χ3n) is 6.92. The lowest BCUT2D eigenvalue weighted by Crippen LogP contribution is -2.46. The quantitative estimate of drug-likeness (QED) is 0.310. The highest BCUT2D eigenvalue weighted by molar-refractivity contribution is 6.10. The van der Waals surface area contributed by atoms with E-state index in [1.54, 1.807) is 7.11 Å². The van der Waals surface area contributed by atoms with Gasteiger partial charge in [0.05, 0.1) is 19.2 Å². The first-order chi connectivity index (χ1) is 16.8. The van der Waals surface area contributed by atoms with Crippen LogP contribution in [-0.4, -0.2) is 61.2 Å². The first-order valence-electron chi connectivity index (χ1n) is 12.5. The van der Waals surface area contributed by atoms with Gasteiger partial charge in [-0.1, -0.05) is 42.5 Å². The molecule has 5 nitrogen and oxygen atoms in total. The van der Waals surface area contributed by atoms with Gasteiger partial charge in [0.1, 0.15) is 11.5 Å². The van der Waals surface area contributed by atoms with Crippen LogP contribution in [0.3, 0.4) is 0 Å². The molecule has 1 aliphatic heterocycles. The fourth-order valence-electron chi connectivity index (χ4n) is 5.03. The molecule has 0 radical (unpaired) electrons. The molecule has 0 unspecified atom stereocenters. The number of benzene rings is 3. The first-order valence-corrected chi connectivity index (χ1v) is 12.5. The number of hydrogen-bond donors (Lipinski definition) is 1. The number of fused-ring (bicyclic) bond motifs is 3. The maximum atomic E-state index is 6.22. The van der Waals surface area contributed by atoms with Crippen molar-refractivity contribution in [3.05, 3.63) is 72.3 Å². The lowest BCUT2D eigenvalue weighted by atomic mass is 10.1. The van der Waals surface area contributed by atoms with Gasteiger partial charge >= 0.3 is 0 Å². The van der Waals surface area contributed by atoms with Crippen LogP contribution in [0, 0.1) is 0 Å². The summed E-state index contributed by atoms with van der Waals surface area (Å²) < 4.78 is 11.7. The smallest absolute Gasteiger partial charge is 0.129 e. The predicted octanol–water partition coefficient (Wildman–Crippen LogP) is 5.70. The molecule has 0 bridgehead atoms. The van der Waals surface area contributed by atoms with E-state index in [0.717, 1.165) is 68.3 Å². The zero-order valence-electron chi connectivity index (χ0n) is 20.1. The largest absolute Gasteiger partial charge is 0.496 e. The summed E-state index contributed by atoms with van der Waals surface area (Å²) in [5.41, 5.74) is 3.59. The van der Waals surface area contributed by atoms with Gasteiger partial charge in [0.25, 0.3) is 0 Å². The number of rotatable bonds is 10. The van der Waals surface area contributed by atoms with E-state index in [-0.39, 0.29) is 0 Å². The van der Waals surface area contributed by atoms with Crippen molar-refractivity contribution in [1.82, 2.24) is 14.8 Å². The Morgan fingerprint density at radius 3 is 2.35 bits per heavy atom. The Hall–Kier alpha value is -3.02. The number of nitrogens with zero attached hydrogens (tertiary/aromatic N) is 2. The van der Waals surface area contributed by atoms with Gasteiger partial charge in [-0.2, -0.15) is 0 Å². The number of piperazine rings is 1. The van der Waals surface area contributed by atoms with Gasteiger partial charge in [-0.15, -0.1) is 0 Å². The molecule has 0 aliphatic carbocycles. The van der Waals surface area contributed by atoms with Crippen LogP contribution in [0.15, 0.2) is 66.7 Å². The van der Waals surface area contributed by atoms with Crippen molar-refractivity contribution >= 4 is 21.8 Å². The fourth-order valence-corrected chi connectivity index (χ4v) is 5.03. The Bertz CT molecular complexity index is 1210. The van der Waals surface area contributed by atoms with Crippen molar-refractivity contribution in [2.24, 2.45) is 0 Å². The zero-order chi connectivity index (χ0) is 23.2. The van der Waals surface area contributed by atoms with Crippen molar-refractivity contribution in [2.45, 2.75) is 25.8 Å². The minimum atomic E-state index is 0.769. The van der Waals surface area contributed by atoms with Crippen LogP contribution >= 0.6 is 0 Å². The second kappa shape index (κ2) is 10.9. The van der Waals surface area contributed by atoms with Crippen molar-refractivity contribution in [3.8, 4) is 11.5 Å². The SMILES string of the molecule is COc1ccccc1CN1CCN(CCCCCOc2cccc3[nH]c4ccccc4c23)CC1. The molecule has 2 heterocycles.